The lowest BCUT2D eigenvalue weighted by molar-refractivity contribution is 0.0507. The molecule has 2 aliphatic rings. The number of aromatic amines is 1. The van der Waals surface area contributed by atoms with Crippen molar-refractivity contribution in [2.75, 3.05) is 13.2 Å². The molecule has 3 N–H and O–H groups in total. The zero-order valence-electron chi connectivity index (χ0n) is 25.8. The number of nitrogens with zero attached hydrogens (tertiary/aromatic N) is 3. The van der Waals surface area contributed by atoms with Gasteiger partial charge in [-0.3, -0.25) is 14.7 Å². The van der Waals surface area contributed by atoms with Crippen molar-refractivity contribution < 1.29 is 38.7 Å². The summed E-state index contributed by atoms with van der Waals surface area (Å²) in [5.41, 5.74) is 3.97. The van der Waals surface area contributed by atoms with E-state index in [1.165, 1.54) is 0 Å². The molecule has 0 saturated heterocycles. The molecule has 0 aliphatic heterocycles. The van der Waals surface area contributed by atoms with E-state index in [1.807, 2.05) is 30.3 Å². The number of hydrogen-bond donors (Lipinski definition) is 3. The van der Waals surface area contributed by atoms with Gasteiger partial charge >= 0.3 is 19.1 Å². The molecule has 4 aromatic rings. The van der Waals surface area contributed by atoms with Crippen LogP contribution in [0, 0.1) is 0 Å². The summed E-state index contributed by atoms with van der Waals surface area (Å²) in [6, 6.07) is 14.5. The quantitative estimate of drug-likeness (QED) is 0.174. The van der Waals surface area contributed by atoms with Crippen LogP contribution in [0.2, 0.25) is 0 Å². The summed E-state index contributed by atoms with van der Waals surface area (Å²) in [7, 11) is -1.38. The van der Waals surface area contributed by atoms with Crippen molar-refractivity contribution in [3.05, 3.63) is 91.4 Å². The lowest BCUT2D eigenvalue weighted by Gasteiger charge is -2.13. The van der Waals surface area contributed by atoms with Gasteiger partial charge in [-0.15, -0.1) is 0 Å². The maximum absolute atomic E-state index is 12.3. The van der Waals surface area contributed by atoms with Crippen molar-refractivity contribution in [1.82, 2.24) is 20.0 Å². The number of halogens is 2. The summed E-state index contributed by atoms with van der Waals surface area (Å²) < 4.78 is 13.3. The van der Waals surface area contributed by atoms with E-state index in [4.69, 9.17) is 19.5 Å². The number of carbonyl (C=O) groups is 4. The van der Waals surface area contributed by atoms with Gasteiger partial charge in [0.15, 0.2) is 23.0 Å². The number of ketones is 2. The second-order valence-electron chi connectivity index (χ2n) is 10.4. The van der Waals surface area contributed by atoms with Crippen LogP contribution in [-0.2, 0) is 22.3 Å². The van der Waals surface area contributed by atoms with Crippen LogP contribution < -0.4 is 5.46 Å². The van der Waals surface area contributed by atoms with Crippen molar-refractivity contribution in [2.45, 2.75) is 59.8 Å². The number of benzene rings is 2. The molecule has 0 atom stereocenters. The van der Waals surface area contributed by atoms with Gasteiger partial charge in [-0.25, -0.2) is 14.3 Å². The Bertz CT molecular complexity index is 1770. The summed E-state index contributed by atoms with van der Waals surface area (Å²) in [5.74, 6) is -1.12. The van der Waals surface area contributed by atoms with Crippen LogP contribution in [0.15, 0.2) is 57.5 Å². The van der Waals surface area contributed by atoms with Gasteiger partial charge in [0.2, 0.25) is 0 Å². The van der Waals surface area contributed by atoms with Gasteiger partial charge in [-0.2, -0.15) is 10.2 Å². The highest BCUT2D eigenvalue weighted by molar-refractivity contribution is 9.10. The highest BCUT2D eigenvalue weighted by Gasteiger charge is 2.31. The third-order valence-electron chi connectivity index (χ3n) is 7.17. The number of nitrogens with one attached hydrogen (secondary N) is 1. The first-order valence-electron chi connectivity index (χ1n) is 15.0. The molecular formula is C33H37BBr2N4O8. The third kappa shape index (κ3) is 9.37. The Morgan fingerprint density at radius 3 is 2.02 bits per heavy atom. The van der Waals surface area contributed by atoms with Gasteiger partial charge in [0.25, 0.3) is 0 Å². The van der Waals surface area contributed by atoms with Gasteiger partial charge in [0, 0.05) is 27.5 Å². The zero-order valence-corrected chi connectivity index (χ0v) is 29.0. The predicted octanol–water partition coefficient (Wildman–Crippen LogP) is 5.20. The first-order chi connectivity index (χ1) is 22.5. The largest absolute Gasteiger partial charge is 0.488 e. The zero-order chi connectivity index (χ0) is 34.1. The molecule has 254 valence electrons. The molecule has 0 saturated carbocycles. The second-order valence-corrected chi connectivity index (χ2v) is 12.2. The normalized spacial score (nSPS) is 13.0. The van der Waals surface area contributed by atoms with Crippen molar-refractivity contribution in [3.8, 4) is 5.69 Å². The van der Waals surface area contributed by atoms with Gasteiger partial charge < -0.3 is 19.5 Å². The van der Waals surface area contributed by atoms with E-state index in [2.05, 4.69) is 47.2 Å². The first kappa shape index (κ1) is 38.5. The van der Waals surface area contributed by atoms with E-state index in [1.54, 1.807) is 36.7 Å². The van der Waals surface area contributed by atoms with E-state index >= 15 is 0 Å². The van der Waals surface area contributed by atoms with E-state index in [9.17, 15) is 19.2 Å². The lowest BCUT2D eigenvalue weighted by atomic mass is 9.81. The van der Waals surface area contributed by atoms with Crippen LogP contribution in [0.25, 0.3) is 5.69 Å². The maximum atomic E-state index is 12.3. The molecule has 12 nitrogen and oxygen atoms in total. The van der Waals surface area contributed by atoms with Crippen LogP contribution in [0.5, 0.6) is 0 Å². The van der Waals surface area contributed by atoms with E-state index < -0.39 is 19.1 Å². The Hall–Kier alpha value is -3.92. The van der Waals surface area contributed by atoms with Crippen molar-refractivity contribution >= 4 is 67.9 Å². The number of carbonyl (C=O) groups excluding carboxylic acids is 4. The molecular weight excluding hydrogens is 751 g/mol. The van der Waals surface area contributed by atoms with Crippen LogP contribution in [-0.4, -0.2) is 73.9 Å². The minimum atomic E-state index is -1.38. The Balaban J connectivity index is 0.000000209. The highest BCUT2D eigenvalue weighted by Crippen LogP contribution is 2.28. The molecule has 48 heavy (non-hydrogen) atoms. The van der Waals surface area contributed by atoms with Crippen LogP contribution in [0.3, 0.4) is 0 Å². The third-order valence-corrected chi connectivity index (χ3v) is 8.15. The topological polar surface area (TPSA) is 174 Å². The Morgan fingerprint density at radius 2 is 1.44 bits per heavy atom. The smallest absolute Gasteiger partial charge is 0.461 e. The van der Waals surface area contributed by atoms with Gasteiger partial charge in [-0.05, 0) is 75.3 Å². The number of hydrogen-bond acceptors (Lipinski definition) is 10. The summed E-state index contributed by atoms with van der Waals surface area (Å²) in [6.07, 6.45) is 4.01. The van der Waals surface area contributed by atoms with E-state index in [0.717, 1.165) is 51.7 Å². The monoisotopic (exact) mass is 786 g/mol. The second kappa shape index (κ2) is 18.0. The maximum Gasteiger partial charge on any atom is 0.488 e. The fourth-order valence-corrected chi connectivity index (χ4v) is 5.91. The predicted molar refractivity (Wildman–Crippen MR) is 187 cm³/mol. The number of fused-ring (bicyclic) bond motifs is 2. The Labute approximate surface area is 295 Å². The van der Waals surface area contributed by atoms with Crippen LogP contribution in [0.4, 0.5) is 0 Å². The highest BCUT2D eigenvalue weighted by atomic mass is 79.9. The molecule has 15 heteroatoms. The number of Topliss-reactive ketones (excluding diaryl/α,β-unsaturated/α-hetero) is 2. The van der Waals surface area contributed by atoms with E-state index in [-0.39, 0.29) is 43.6 Å². The van der Waals surface area contributed by atoms with Crippen LogP contribution in [0.1, 0.15) is 100 Å². The van der Waals surface area contributed by atoms with Gasteiger partial charge in [-0.1, -0.05) is 57.5 Å². The molecule has 0 fully saturated rings. The van der Waals surface area contributed by atoms with Gasteiger partial charge in [0.1, 0.15) is 0 Å². The molecule has 0 bridgehead atoms. The minimum absolute atomic E-state index is 0. The Kier molecular flexibility index (Phi) is 14.5. The minimum Gasteiger partial charge on any atom is -0.461 e. The number of H-pyrrole nitrogens is 1. The number of esters is 2. The summed E-state index contributed by atoms with van der Waals surface area (Å²) >= 11 is 6.64. The van der Waals surface area contributed by atoms with Gasteiger partial charge in [0.05, 0.1) is 35.7 Å². The summed E-state index contributed by atoms with van der Waals surface area (Å²) in [4.78, 5) is 47.4. The average Bonchev–Trinajstić information content (AvgIpc) is 3.66. The number of aryl methyl sites for hydroxylation is 1. The lowest BCUT2D eigenvalue weighted by Crippen LogP contribution is -2.29. The molecule has 0 unspecified atom stereocenters. The molecule has 0 spiro atoms. The summed E-state index contributed by atoms with van der Waals surface area (Å²) in [6.45, 7) is 4.00. The molecule has 2 aliphatic carbocycles. The first-order valence-corrected chi connectivity index (χ1v) is 16.6. The molecule has 0 amide bonds. The molecule has 0 radical (unpaired) electrons. The summed E-state index contributed by atoms with van der Waals surface area (Å²) in [5, 5.41) is 28.3. The Morgan fingerprint density at radius 1 is 0.854 bits per heavy atom. The fraction of sp³-hybridized carbons (Fsp3) is 0.333. The van der Waals surface area contributed by atoms with Crippen molar-refractivity contribution in [2.24, 2.45) is 0 Å². The molecule has 2 heterocycles. The molecule has 2 aromatic carbocycles. The fourth-order valence-electron chi connectivity index (χ4n) is 5.11. The van der Waals surface area contributed by atoms with Crippen molar-refractivity contribution in [3.63, 3.8) is 0 Å². The molecule has 2 aromatic heterocycles. The van der Waals surface area contributed by atoms with Crippen LogP contribution >= 0.6 is 31.9 Å². The van der Waals surface area contributed by atoms with E-state index in [0.29, 0.717) is 29.4 Å². The van der Waals surface area contributed by atoms with Crippen molar-refractivity contribution in [1.29, 1.82) is 0 Å². The SMILES string of the molecule is C.CCOC(=O)c1n[nH]c2c1C(=O)CCC2.CCOC(=O)c1nn(-c2cccc(Br)c2)c2c1C(=O)CCC2.OB(O)c1cccc(Br)c1. The molecule has 6 rings (SSSR count). The standard InChI is InChI=1S/C16H15BrN2O3.C10H12N2O3.C6H6BBrO2.CH4/c1-2-22-16(21)15-14-12(7-4-8-13(14)20)19(18-15)11-6-3-5-10(17)9-11;1-2-15-10(14)9-8-6(11-12-9)4-3-5-7(8)13;8-6-3-1-2-5(4-6)7(9)10;/h3,5-6,9H,2,4,7-8H2,1H3;2-5H2,1H3,(H,11,12);1-4,9-10H;1H4. The number of rotatable bonds is 6. The average molecular weight is 788 g/mol. The number of ether oxygens (including phenoxy) is 2. The number of aromatic nitrogens is 4.